The lowest BCUT2D eigenvalue weighted by atomic mass is 10.1. The number of carbonyl (C=O) groups is 2. The van der Waals surface area contributed by atoms with Crippen LogP contribution in [0.1, 0.15) is 15.9 Å². The van der Waals surface area contributed by atoms with Gasteiger partial charge in [-0.25, -0.2) is 9.97 Å². The predicted octanol–water partition coefficient (Wildman–Crippen LogP) is 2.23. The van der Waals surface area contributed by atoms with Gasteiger partial charge in [0.15, 0.2) is 11.5 Å². The number of ether oxygens (including phenoxy) is 2. The normalized spacial score (nSPS) is 10.1. The molecule has 4 aromatic rings. The molecular weight excluding hydrogens is 528 g/mol. The summed E-state index contributed by atoms with van der Waals surface area (Å²) in [5.41, 5.74) is 10.1. The molecular formula is C29H32N6O6. The van der Waals surface area contributed by atoms with Gasteiger partial charge in [0.25, 0.3) is 12.4 Å². The first kappa shape index (κ1) is 30.6. The fourth-order valence-electron chi connectivity index (χ4n) is 3.82. The van der Waals surface area contributed by atoms with E-state index in [0.29, 0.717) is 49.1 Å². The van der Waals surface area contributed by atoms with Crippen LogP contribution in [0.5, 0.6) is 5.75 Å². The predicted molar refractivity (Wildman–Crippen MR) is 154 cm³/mol. The van der Waals surface area contributed by atoms with Crippen LogP contribution in [0.2, 0.25) is 0 Å². The molecule has 2 heterocycles. The van der Waals surface area contributed by atoms with Crippen molar-refractivity contribution >= 4 is 29.5 Å². The van der Waals surface area contributed by atoms with E-state index < -0.39 is 0 Å². The number of nitrogens with one attached hydrogen (secondary N) is 2. The van der Waals surface area contributed by atoms with Gasteiger partial charge in [0.05, 0.1) is 25.1 Å². The molecule has 0 unspecified atom stereocenters. The second kappa shape index (κ2) is 16.2. The molecule has 0 atom stereocenters. The monoisotopic (exact) mass is 560 g/mol. The highest BCUT2D eigenvalue weighted by Gasteiger charge is 2.13. The first-order valence-electron chi connectivity index (χ1n) is 12.7. The highest BCUT2D eigenvalue weighted by molar-refractivity contribution is 5.96. The van der Waals surface area contributed by atoms with Gasteiger partial charge in [-0.1, -0.05) is 11.8 Å². The van der Waals surface area contributed by atoms with Gasteiger partial charge in [0.2, 0.25) is 0 Å². The molecule has 12 heteroatoms. The first-order chi connectivity index (χ1) is 20.0. The Morgan fingerprint density at radius 3 is 2.63 bits per heavy atom. The fraction of sp³-hybridized carbons (Fsp3) is 0.241. The minimum Gasteiger partial charge on any atom is -0.483 e. The Labute approximate surface area is 237 Å². The number of aliphatic hydroxyl groups is 1. The molecule has 0 spiro atoms. The minimum absolute atomic E-state index is 0.155. The topological polar surface area (TPSA) is 173 Å². The highest BCUT2D eigenvalue weighted by Crippen LogP contribution is 2.27. The van der Waals surface area contributed by atoms with Gasteiger partial charge in [0, 0.05) is 42.3 Å². The zero-order valence-electron chi connectivity index (χ0n) is 22.5. The van der Waals surface area contributed by atoms with Crippen molar-refractivity contribution in [2.24, 2.45) is 5.73 Å². The number of rotatable bonds is 11. The molecule has 41 heavy (non-hydrogen) atoms. The summed E-state index contributed by atoms with van der Waals surface area (Å²) in [4.78, 5) is 29.9. The number of anilines is 2. The Morgan fingerprint density at radius 2 is 1.93 bits per heavy atom. The number of benzene rings is 2. The summed E-state index contributed by atoms with van der Waals surface area (Å²) in [6, 6.07) is 13.1. The van der Waals surface area contributed by atoms with Gasteiger partial charge in [-0.15, -0.1) is 0 Å². The molecule has 12 nitrogen and oxygen atoms in total. The number of nitrogens with zero attached hydrogens (tertiary/aromatic N) is 3. The van der Waals surface area contributed by atoms with Crippen LogP contribution in [0.3, 0.4) is 0 Å². The van der Waals surface area contributed by atoms with Gasteiger partial charge in [-0.2, -0.15) is 0 Å². The summed E-state index contributed by atoms with van der Waals surface area (Å²) in [7, 11) is 0. The van der Waals surface area contributed by atoms with Crippen molar-refractivity contribution in [3.05, 3.63) is 72.2 Å². The number of aliphatic hydroxyl groups excluding tert-OH is 1. The molecule has 0 saturated heterocycles. The van der Waals surface area contributed by atoms with E-state index in [4.69, 9.17) is 30.2 Å². The third-order valence-corrected chi connectivity index (χ3v) is 5.62. The fourth-order valence-corrected chi connectivity index (χ4v) is 3.82. The summed E-state index contributed by atoms with van der Waals surface area (Å²) < 4.78 is 12.8. The Bertz CT molecular complexity index is 1490. The number of carboxylic acid groups (broad SMARTS) is 1. The van der Waals surface area contributed by atoms with Crippen molar-refractivity contribution in [3.63, 3.8) is 0 Å². The number of hydrogen-bond acceptors (Lipinski definition) is 9. The lowest BCUT2D eigenvalue weighted by Crippen LogP contribution is -2.28. The van der Waals surface area contributed by atoms with Crippen molar-refractivity contribution in [3.8, 4) is 28.8 Å². The second-order valence-electron chi connectivity index (χ2n) is 8.35. The molecule has 4 rings (SSSR count). The number of fused-ring (bicyclic) bond motifs is 1. The van der Waals surface area contributed by atoms with Crippen molar-refractivity contribution in [1.82, 2.24) is 19.7 Å². The number of aryl methyl sites for hydroxylation is 1. The molecule has 214 valence electrons. The third-order valence-electron chi connectivity index (χ3n) is 5.62. The van der Waals surface area contributed by atoms with Crippen LogP contribution < -0.4 is 21.1 Å². The smallest absolute Gasteiger partial charge is 0.290 e. The van der Waals surface area contributed by atoms with Gasteiger partial charge >= 0.3 is 0 Å². The van der Waals surface area contributed by atoms with Crippen molar-refractivity contribution < 1.29 is 29.3 Å². The van der Waals surface area contributed by atoms with E-state index in [0.717, 1.165) is 22.5 Å². The molecule has 0 radical (unpaired) electrons. The summed E-state index contributed by atoms with van der Waals surface area (Å²) in [5, 5.41) is 21.8. The maximum atomic E-state index is 12.5. The Morgan fingerprint density at radius 1 is 1.15 bits per heavy atom. The maximum Gasteiger partial charge on any atom is 0.290 e. The van der Waals surface area contributed by atoms with Crippen LogP contribution in [-0.2, 0) is 9.53 Å². The SMILES string of the molecule is Cc1cc(Nc2nccn3c(-c4ccc(OCC#CCO)cc4)cnc23)ccc1C(=O)NCCOCCN.O=CO. The number of hydrogen-bond donors (Lipinski definition) is 5. The highest BCUT2D eigenvalue weighted by atomic mass is 16.5. The molecule has 2 aromatic heterocycles. The molecule has 0 aliphatic rings. The molecule has 6 N–H and O–H groups in total. The zero-order valence-corrected chi connectivity index (χ0v) is 22.5. The van der Waals surface area contributed by atoms with Gasteiger partial charge in [-0.05, 0) is 55.0 Å². The summed E-state index contributed by atoms with van der Waals surface area (Å²) in [6.45, 7) is 3.43. The Hall–Kier alpha value is -4.96. The number of nitrogens with two attached hydrogens (primary N) is 1. The number of amides is 1. The van der Waals surface area contributed by atoms with Crippen LogP contribution in [0.25, 0.3) is 16.9 Å². The van der Waals surface area contributed by atoms with Crippen molar-refractivity contribution in [2.45, 2.75) is 6.92 Å². The van der Waals surface area contributed by atoms with Gasteiger partial charge < -0.3 is 36.1 Å². The Balaban J connectivity index is 0.00000147. The van der Waals surface area contributed by atoms with Gasteiger partial charge in [0.1, 0.15) is 19.0 Å². The molecule has 0 fully saturated rings. The van der Waals surface area contributed by atoms with E-state index in [1.54, 1.807) is 18.5 Å². The first-order valence-corrected chi connectivity index (χ1v) is 12.7. The Kier molecular flexibility index (Phi) is 12.1. The largest absolute Gasteiger partial charge is 0.483 e. The van der Waals surface area contributed by atoms with Crippen LogP contribution in [0.4, 0.5) is 11.5 Å². The molecule has 0 bridgehead atoms. The minimum atomic E-state index is -0.250. The lowest BCUT2D eigenvalue weighted by Gasteiger charge is -2.12. The zero-order chi connectivity index (χ0) is 29.5. The lowest BCUT2D eigenvalue weighted by molar-refractivity contribution is -0.122. The second-order valence-corrected chi connectivity index (χ2v) is 8.35. The van der Waals surface area contributed by atoms with E-state index in [2.05, 4.69) is 32.4 Å². The van der Waals surface area contributed by atoms with Crippen LogP contribution in [0.15, 0.2) is 61.1 Å². The average Bonchev–Trinajstić information content (AvgIpc) is 3.41. The van der Waals surface area contributed by atoms with E-state index in [1.807, 2.05) is 53.9 Å². The average molecular weight is 561 g/mol. The van der Waals surface area contributed by atoms with E-state index >= 15 is 0 Å². The van der Waals surface area contributed by atoms with Crippen LogP contribution in [-0.4, -0.2) is 76.5 Å². The third kappa shape index (κ3) is 8.77. The molecule has 0 aliphatic heterocycles. The van der Waals surface area contributed by atoms with E-state index in [-0.39, 0.29) is 25.6 Å². The van der Waals surface area contributed by atoms with Crippen LogP contribution >= 0.6 is 0 Å². The maximum absolute atomic E-state index is 12.5. The molecule has 2 aromatic carbocycles. The summed E-state index contributed by atoms with van der Waals surface area (Å²) >= 11 is 0. The van der Waals surface area contributed by atoms with Crippen molar-refractivity contribution in [1.29, 1.82) is 0 Å². The molecule has 1 amide bonds. The standard InChI is InChI=1S/C28H30N6O4.CH2O2/c1-20-18-22(6-9-24(20)28(36)31-12-17-37-16-10-29)33-26-27-32-19-25(34(27)13-11-30-26)21-4-7-23(8-5-21)38-15-3-2-14-35;2-1-3/h4-9,11,13,18-19,35H,10,12,14-17,29H2,1H3,(H,30,33)(H,31,36);1H,(H,2,3). The summed E-state index contributed by atoms with van der Waals surface area (Å²) in [6.07, 6.45) is 5.35. The number of aromatic nitrogens is 3. The molecule has 0 aliphatic carbocycles. The van der Waals surface area contributed by atoms with Crippen molar-refractivity contribution in [2.75, 3.05) is 44.8 Å². The number of carbonyl (C=O) groups excluding carboxylic acids is 1. The summed E-state index contributed by atoms with van der Waals surface area (Å²) in [5.74, 6) is 6.40. The van der Waals surface area contributed by atoms with E-state index in [1.165, 1.54) is 0 Å². The molecule has 0 saturated carbocycles. The van der Waals surface area contributed by atoms with Gasteiger partial charge in [-0.3, -0.25) is 14.0 Å². The van der Waals surface area contributed by atoms with E-state index in [9.17, 15) is 4.79 Å². The quantitative estimate of drug-likeness (QED) is 0.104. The van der Waals surface area contributed by atoms with Crippen LogP contribution in [0, 0.1) is 18.8 Å². The number of imidazole rings is 1.